The van der Waals surface area contributed by atoms with Crippen LogP contribution in [-0.4, -0.2) is 28.7 Å². The molecule has 1 N–H and O–H groups in total. The standard InChI is InChI=1S/C23H26N2O3S/c1-5-17-8-6-7-15(3)22(17)24-20(26)13-29-19-12-21(27)25(23(19)28)18-10-9-14(2)16(4)11-18/h6-11,19H,5,12-13H2,1-4H3,(H,24,26)/t19-/m1/s1. The minimum atomic E-state index is -0.530. The van der Waals surface area contributed by atoms with Crippen molar-refractivity contribution < 1.29 is 14.4 Å². The van der Waals surface area contributed by atoms with E-state index in [2.05, 4.69) is 5.32 Å². The molecule has 0 aliphatic carbocycles. The Morgan fingerprint density at radius 2 is 1.86 bits per heavy atom. The van der Waals surface area contributed by atoms with Crippen molar-refractivity contribution in [2.75, 3.05) is 16.0 Å². The first kappa shape index (κ1) is 21.1. The number of amides is 3. The van der Waals surface area contributed by atoms with E-state index in [1.165, 1.54) is 16.7 Å². The number of para-hydroxylation sites is 1. The zero-order valence-corrected chi connectivity index (χ0v) is 18.1. The molecule has 0 bridgehead atoms. The minimum absolute atomic E-state index is 0.119. The Hall–Kier alpha value is -2.60. The first-order valence-corrected chi connectivity index (χ1v) is 10.8. The molecule has 1 atom stereocenters. The summed E-state index contributed by atoms with van der Waals surface area (Å²) in [5.41, 5.74) is 5.67. The highest BCUT2D eigenvalue weighted by Crippen LogP contribution is 2.31. The van der Waals surface area contributed by atoms with E-state index in [9.17, 15) is 14.4 Å². The summed E-state index contributed by atoms with van der Waals surface area (Å²) in [6, 6.07) is 11.5. The van der Waals surface area contributed by atoms with Gasteiger partial charge in [-0.1, -0.05) is 31.2 Å². The van der Waals surface area contributed by atoms with Gasteiger partial charge in [0.25, 0.3) is 0 Å². The third-order valence-electron chi connectivity index (χ3n) is 5.27. The zero-order valence-electron chi connectivity index (χ0n) is 17.2. The average Bonchev–Trinajstić information content (AvgIpc) is 2.97. The van der Waals surface area contributed by atoms with Gasteiger partial charge in [0.1, 0.15) is 0 Å². The average molecular weight is 411 g/mol. The fourth-order valence-electron chi connectivity index (χ4n) is 3.42. The van der Waals surface area contributed by atoms with Crippen molar-refractivity contribution in [3.8, 4) is 0 Å². The molecule has 1 heterocycles. The molecule has 0 spiro atoms. The van der Waals surface area contributed by atoms with E-state index in [0.717, 1.165) is 34.4 Å². The van der Waals surface area contributed by atoms with E-state index < -0.39 is 5.25 Å². The summed E-state index contributed by atoms with van der Waals surface area (Å²) in [6.07, 6.45) is 0.944. The number of benzene rings is 2. The number of rotatable bonds is 6. The van der Waals surface area contributed by atoms with Gasteiger partial charge in [-0.3, -0.25) is 14.4 Å². The highest BCUT2D eigenvalue weighted by atomic mass is 32.2. The van der Waals surface area contributed by atoms with Crippen LogP contribution in [0.4, 0.5) is 11.4 Å². The maximum absolute atomic E-state index is 12.8. The molecule has 1 aliphatic rings. The van der Waals surface area contributed by atoms with Crippen molar-refractivity contribution in [1.82, 2.24) is 0 Å². The zero-order chi connectivity index (χ0) is 21.1. The van der Waals surface area contributed by atoms with Gasteiger partial charge in [0, 0.05) is 12.1 Å². The number of carbonyl (C=O) groups excluding carboxylic acids is 3. The monoisotopic (exact) mass is 410 g/mol. The third kappa shape index (κ3) is 4.53. The highest BCUT2D eigenvalue weighted by Gasteiger charge is 2.40. The van der Waals surface area contributed by atoms with Crippen LogP contribution in [0.2, 0.25) is 0 Å². The first-order chi connectivity index (χ1) is 13.8. The smallest absolute Gasteiger partial charge is 0.247 e. The fraction of sp³-hybridized carbons (Fsp3) is 0.348. The number of thioether (sulfide) groups is 1. The summed E-state index contributed by atoms with van der Waals surface area (Å²) in [5, 5.41) is 2.44. The number of nitrogens with zero attached hydrogens (tertiary/aromatic N) is 1. The van der Waals surface area contributed by atoms with Crippen molar-refractivity contribution in [2.45, 2.75) is 45.8 Å². The molecular formula is C23H26N2O3S. The molecule has 0 radical (unpaired) electrons. The molecule has 3 amide bonds. The van der Waals surface area contributed by atoms with Gasteiger partial charge in [-0.15, -0.1) is 11.8 Å². The van der Waals surface area contributed by atoms with Crippen LogP contribution in [0.25, 0.3) is 0 Å². The van der Waals surface area contributed by atoms with Gasteiger partial charge in [0.15, 0.2) is 0 Å². The van der Waals surface area contributed by atoms with Gasteiger partial charge < -0.3 is 5.32 Å². The summed E-state index contributed by atoms with van der Waals surface area (Å²) in [7, 11) is 0. The van der Waals surface area contributed by atoms with Gasteiger partial charge in [-0.05, 0) is 61.6 Å². The van der Waals surface area contributed by atoms with Crippen molar-refractivity contribution in [2.24, 2.45) is 0 Å². The number of aryl methyl sites for hydroxylation is 4. The number of hydrogen-bond acceptors (Lipinski definition) is 4. The molecule has 0 unspecified atom stereocenters. The molecule has 5 nitrogen and oxygen atoms in total. The molecular weight excluding hydrogens is 384 g/mol. The SMILES string of the molecule is CCc1cccc(C)c1NC(=O)CS[C@@H]1CC(=O)N(c2ccc(C)c(C)c2)C1=O. The quantitative estimate of drug-likeness (QED) is 0.726. The molecule has 0 aromatic heterocycles. The van der Waals surface area contributed by atoms with Crippen LogP contribution >= 0.6 is 11.8 Å². The van der Waals surface area contributed by atoms with E-state index in [-0.39, 0.29) is 29.9 Å². The maximum Gasteiger partial charge on any atom is 0.247 e. The Bertz CT molecular complexity index is 971. The lowest BCUT2D eigenvalue weighted by Crippen LogP contribution is -2.31. The number of carbonyl (C=O) groups is 3. The van der Waals surface area contributed by atoms with E-state index in [4.69, 9.17) is 0 Å². The Morgan fingerprint density at radius 1 is 1.10 bits per heavy atom. The molecule has 1 saturated heterocycles. The highest BCUT2D eigenvalue weighted by molar-refractivity contribution is 8.01. The number of imide groups is 1. The Balaban J connectivity index is 1.64. The second kappa shape index (κ2) is 8.82. The van der Waals surface area contributed by atoms with Gasteiger partial charge in [-0.2, -0.15) is 0 Å². The first-order valence-electron chi connectivity index (χ1n) is 9.75. The molecule has 3 rings (SSSR count). The van der Waals surface area contributed by atoms with Gasteiger partial charge in [-0.25, -0.2) is 4.90 Å². The minimum Gasteiger partial charge on any atom is -0.325 e. The summed E-state index contributed by atoms with van der Waals surface area (Å²) < 4.78 is 0. The summed E-state index contributed by atoms with van der Waals surface area (Å²) in [4.78, 5) is 39.0. The van der Waals surface area contributed by atoms with Crippen molar-refractivity contribution >= 4 is 40.9 Å². The predicted octanol–water partition coefficient (Wildman–Crippen LogP) is 4.18. The van der Waals surface area contributed by atoms with Gasteiger partial charge in [0.05, 0.1) is 16.7 Å². The van der Waals surface area contributed by atoms with E-state index in [0.29, 0.717) is 5.69 Å². The number of anilines is 2. The van der Waals surface area contributed by atoms with Crippen LogP contribution in [0.1, 0.15) is 35.6 Å². The lowest BCUT2D eigenvalue weighted by molar-refractivity contribution is -0.121. The number of nitrogens with one attached hydrogen (secondary N) is 1. The summed E-state index contributed by atoms with van der Waals surface area (Å²) in [6.45, 7) is 7.95. The second-order valence-electron chi connectivity index (χ2n) is 7.35. The van der Waals surface area contributed by atoms with Gasteiger partial charge in [0.2, 0.25) is 17.7 Å². The van der Waals surface area contributed by atoms with Crippen LogP contribution in [0, 0.1) is 20.8 Å². The summed E-state index contributed by atoms with van der Waals surface area (Å²) >= 11 is 1.22. The molecule has 1 fully saturated rings. The largest absolute Gasteiger partial charge is 0.325 e. The summed E-state index contributed by atoms with van der Waals surface area (Å²) in [5.74, 6) is -0.504. The van der Waals surface area contributed by atoms with Crippen LogP contribution in [0.5, 0.6) is 0 Å². The van der Waals surface area contributed by atoms with Crippen molar-refractivity contribution in [3.63, 3.8) is 0 Å². The predicted molar refractivity (Wildman–Crippen MR) is 118 cm³/mol. The van der Waals surface area contributed by atoms with Crippen LogP contribution in [0.3, 0.4) is 0 Å². The fourth-order valence-corrected chi connectivity index (χ4v) is 4.36. The van der Waals surface area contributed by atoms with Crippen LogP contribution < -0.4 is 10.2 Å². The van der Waals surface area contributed by atoms with Crippen LogP contribution in [0.15, 0.2) is 36.4 Å². The normalized spacial score (nSPS) is 16.4. The third-order valence-corrected chi connectivity index (χ3v) is 6.47. The molecule has 0 saturated carbocycles. The molecule has 152 valence electrons. The molecule has 2 aromatic rings. The van der Waals surface area contributed by atoms with E-state index in [1.54, 1.807) is 6.07 Å². The Morgan fingerprint density at radius 3 is 2.55 bits per heavy atom. The van der Waals surface area contributed by atoms with Gasteiger partial charge >= 0.3 is 0 Å². The van der Waals surface area contributed by atoms with Crippen molar-refractivity contribution in [1.29, 1.82) is 0 Å². The van der Waals surface area contributed by atoms with E-state index >= 15 is 0 Å². The lowest BCUT2D eigenvalue weighted by atomic mass is 10.1. The molecule has 29 heavy (non-hydrogen) atoms. The second-order valence-corrected chi connectivity index (χ2v) is 8.54. The molecule has 2 aromatic carbocycles. The lowest BCUT2D eigenvalue weighted by Gasteiger charge is -2.16. The Kier molecular flexibility index (Phi) is 6.42. The molecule has 6 heteroatoms. The van der Waals surface area contributed by atoms with Crippen LogP contribution in [-0.2, 0) is 20.8 Å². The number of hydrogen-bond donors (Lipinski definition) is 1. The maximum atomic E-state index is 12.8. The van der Waals surface area contributed by atoms with Crippen molar-refractivity contribution in [3.05, 3.63) is 58.7 Å². The topological polar surface area (TPSA) is 66.5 Å². The van der Waals surface area contributed by atoms with E-state index in [1.807, 2.05) is 58.0 Å². The Labute approximate surface area is 175 Å². The molecule has 1 aliphatic heterocycles.